The van der Waals surface area contributed by atoms with Gasteiger partial charge in [0.2, 0.25) is 0 Å². The van der Waals surface area contributed by atoms with Crippen LogP contribution in [0.1, 0.15) is 11.1 Å². The molecule has 0 aliphatic carbocycles. The number of halogens is 4. The zero-order chi connectivity index (χ0) is 13.8. The van der Waals surface area contributed by atoms with Crippen molar-refractivity contribution in [3.05, 3.63) is 63.4 Å². The van der Waals surface area contributed by atoms with E-state index < -0.39 is 0 Å². The fourth-order valence-electron chi connectivity index (χ4n) is 1.58. The van der Waals surface area contributed by atoms with Gasteiger partial charge in [-0.05, 0) is 35.4 Å². The number of alkyl halides is 1. The van der Waals surface area contributed by atoms with E-state index in [9.17, 15) is 4.39 Å². The van der Waals surface area contributed by atoms with Gasteiger partial charge in [0.05, 0.1) is 10.0 Å². The van der Waals surface area contributed by atoms with E-state index in [0.29, 0.717) is 27.7 Å². The molecule has 2 rings (SSSR count). The van der Waals surface area contributed by atoms with E-state index in [1.807, 2.05) is 6.07 Å². The molecule has 0 unspecified atom stereocenters. The lowest BCUT2D eigenvalue weighted by Crippen LogP contribution is -1.96. The summed E-state index contributed by atoms with van der Waals surface area (Å²) in [5.41, 5.74) is 1.70. The highest BCUT2D eigenvalue weighted by molar-refractivity contribution is 9.08. The maximum absolute atomic E-state index is 13.3. The average molecular weight is 364 g/mol. The minimum absolute atomic E-state index is 0.308. The van der Waals surface area contributed by atoms with E-state index in [0.717, 1.165) is 11.1 Å². The molecule has 0 saturated heterocycles. The SMILES string of the molecule is Fc1cc(CBr)cc(OCc2ccc(Cl)c(Cl)c2)c1. The highest BCUT2D eigenvalue weighted by Crippen LogP contribution is 2.24. The van der Waals surface area contributed by atoms with Crippen LogP contribution in [0.4, 0.5) is 4.39 Å². The molecule has 1 nitrogen and oxygen atoms in total. The molecule has 5 heteroatoms. The molecule has 2 aromatic rings. The number of benzene rings is 2. The Bertz CT molecular complexity index is 590. The van der Waals surface area contributed by atoms with Crippen molar-refractivity contribution < 1.29 is 9.13 Å². The maximum atomic E-state index is 13.3. The van der Waals surface area contributed by atoms with Gasteiger partial charge in [0.1, 0.15) is 18.2 Å². The van der Waals surface area contributed by atoms with Crippen LogP contribution in [-0.4, -0.2) is 0 Å². The molecule has 0 amide bonds. The summed E-state index contributed by atoms with van der Waals surface area (Å²) in [5.74, 6) is 0.168. The molecule has 19 heavy (non-hydrogen) atoms. The van der Waals surface area contributed by atoms with Crippen molar-refractivity contribution in [2.45, 2.75) is 11.9 Å². The van der Waals surface area contributed by atoms with Crippen LogP contribution in [0.5, 0.6) is 5.75 Å². The second-order valence-electron chi connectivity index (χ2n) is 3.97. The van der Waals surface area contributed by atoms with Crippen LogP contribution in [0, 0.1) is 5.82 Å². The molecule has 0 atom stereocenters. The fraction of sp³-hybridized carbons (Fsp3) is 0.143. The van der Waals surface area contributed by atoms with Crippen molar-refractivity contribution in [1.29, 1.82) is 0 Å². The molecule has 0 aromatic heterocycles. The van der Waals surface area contributed by atoms with Crippen LogP contribution < -0.4 is 4.74 Å². The first kappa shape index (κ1) is 14.6. The van der Waals surface area contributed by atoms with E-state index in [1.165, 1.54) is 12.1 Å². The topological polar surface area (TPSA) is 9.23 Å². The lowest BCUT2D eigenvalue weighted by Gasteiger charge is -2.08. The van der Waals surface area contributed by atoms with E-state index in [-0.39, 0.29) is 5.82 Å². The maximum Gasteiger partial charge on any atom is 0.127 e. The second-order valence-corrected chi connectivity index (χ2v) is 5.34. The summed E-state index contributed by atoms with van der Waals surface area (Å²) in [5, 5.41) is 1.55. The molecule has 100 valence electrons. The van der Waals surface area contributed by atoms with Gasteiger partial charge in [0.15, 0.2) is 0 Å². The normalized spacial score (nSPS) is 10.5. The predicted octanol–water partition coefficient (Wildman–Crippen LogP) is 5.61. The molecule has 0 N–H and O–H groups in total. The summed E-state index contributed by atoms with van der Waals surface area (Å²) in [6.07, 6.45) is 0. The molecule has 0 bridgehead atoms. The molecular formula is C14H10BrCl2FO. The lowest BCUT2D eigenvalue weighted by molar-refractivity contribution is 0.304. The summed E-state index contributed by atoms with van der Waals surface area (Å²) < 4.78 is 18.9. The second kappa shape index (κ2) is 6.60. The van der Waals surface area contributed by atoms with Gasteiger partial charge in [-0.3, -0.25) is 0 Å². The Labute approximate surface area is 129 Å². The van der Waals surface area contributed by atoms with Crippen molar-refractivity contribution in [2.75, 3.05) is 0 Å². The van der Waals surface area contributed by atoms with Crippen LogP contribution in [0.2, 0.25) is 10.0 Å². The van der Waals surface area contributed by atoms with Gasteiger partial charge in [-0.1, -0.05) is 45.2 Å². The minimum atomic E-state index is -0.318. The van der Waals surface area contributed by atoms with Gasteiger partial charge in [-0.2, -0.15) is 0 Å². The first-order valence-corrected chi connectivity index (χ1v) is 7.38. The van der Waals surface area contributed by atoms with Gasteiger partial charge in [-0.15, -0.1) is 0 Å². The molecule has 0 aliphatic heterocycles. The van der Waals surface area contributed by atoms with Gasteiger partial charge in [-0.25, -0.2) is 4.39 Å². The first-order valence-electron chi connectivity index (χ1n) is 5.50. The molecule has 0 fully saturated rings. The Balaban J connectivity index is 2.09. The monoisotopic (exact) mass is 362 g/mol. The van der Waals surface area contributed by atoms with Crippen LogP contribution >= 0.6 is 39.1 Å². The fourth-order valence-corrected chi connectivity index (χ4v) is 2.22. The minimum Gasteiger partial charge on any atom is -0.489 e. The molecule has 0 spiro atoms. The predicted molar refractivity (Wildman–Crippen MR) is 79.8 cm³/mol. The van der Waals surface area contributed by atoms with Gasteiger partial charge in [0.25, 0.3) is 0 Å². The number of ether oxygens (including phenoxy) is 1. The zero-order valence-corrected chi connectivity index (χ0v) is 12.9. The van der Waals surface area contributed by atoms with Crippen LogP contribution in [0.3, 0.4) is 0 Å². The Hall–Kier alpha value is -0.770. The van der Waals surface area contributed by atoms with Crippen molar-refractivity contribution in [3.8, 4) is 5.75 Å². The van der Waals surface area contributed by atoms with E-state index in [4.69, 9.17) is 27.9 Å². The summed E-state index contributed by atoms with van der Waals surface area (Å²) in [4.78, 5) is 0. The van der Waals surface area contributed by atoms with E-state index >= 15 is 0 Å². The highest BCUT2D eigenvalue weighted by atomic mass is 79.9. The Morgan fingerprint density at radius 2 is 1.79 bits per heavy atom. The Kier molecular flexibility index (Phi) is 5.08. The van der Waals surface area contributed by atoms with E-state index in [2.05, 4.69) is 15.9 Å². The van der Waals surface area contributed by atoms with Crippen molar-refractivity contribution in [1.82, 2.24) is 0 Å². The zero-order valence-electron chi connectivity index (χ0n) is 9.80. The third-order valence-corrected chi connectivity index (χ3v) is 3.86. The standard InChI is InChI=1S/C14H10BrCl2FO/c15-7-10-3-11(18)6-12(4-10)19-8-9-1-2-13(16)14(17)5-9/h1-6H,7-8H2. The van der Waals surface area contributed by atoms with Gasteiger partial charge >= 0.3 is 0 Å². The van der Waals surface area contributed by atoms with Crippen LogP contribution in [0.25, 0.3) is 0 Å². The highest BCUT2D eigenvalue weighted by Gasteiger charge is 2.03. The average Bonchev–Trinajstić information content (AvgIpc) is 2.39. The summed E-state index contributed by atoms with van der Waals surface area (Å²) in [6.45, 7) is 0.308. The first-order chi connectivity index (χ1) is 9.08. The van der Waals surface area contributed by atoms with Gasteiger partial charge in [0, 0.05) is 11.4 Å². The van der Waals surface area contributed by atoms with Crippen LogP contribution in [-0.2, 0) is 11.9 Å². The Morgan fingerprint density at radius 3 is 2.47 bits per heavy atom. The number of hydrogen-bond acceptors (Lipinski definition) is 1. The molecule has 0 heterocycles. The summed E-state index contributed by atoms with van der Waals surface area (Å²) >= 11 is 15.0. The number of rotatable bonds is 4. The largest absolute Gasteiger partial charge is 0.489 e. The molecule has 0 saturated carbocycles. The smallest absolute Gasteiger partial charge is 0.127 e. The summed E-state index contributed by atoms with van der Waals surface area (Å²) in [7, 11) is 0. The lowest BCUT2D eigenvalue weighted by atomic mass is 10.2. The quantitative estimate of drug-likeness (QED) is 0.642. The Morgan fingerprint density at radius 1 is 1.00 bits per heavy atom. The van der Waals surface area contributed by atoms with Crippen molar-refractivity contribution >= 4 is 39.1 Å². The van der Waals surface area contributed by atoms with Crippen molar-refractivity contribution in [2.24, 2.45) is 0 Å². The molecular weight excluding hydrogens is 354 g/mol. The molecule has 0 aliphatic rings. The van der Waals surface area contributed by atoms with Gasteiger partial charge < -0.3 is 4.74 Å². The third-order valence-electron chi connectivity index (χ3n) is 2.47. The van der Waals surface area contributed by atoms with E-state index in [1.54, 1.807) is 18.2 Å². The molecule has 2 aromatic carbocycles. The number of hydrogen-bond donors (Lipinski definition) is 0. The summed E-state index contributed by atoms with van der Waals surface area (Å²) in [6, 6.07) is 9.85. The van der Waals surface area contributed by atoms with Crippen molar-refractivity contribution in [3.63, 3.8) is 0 Å². The third kappa shape index (κ3) is 4.10. The van der Waals surface area contributed by atoms with Crippen LogP contribution in [0.15, 0.2) is 36.4 Å². The molecule has 0 radical (unpaired) electrons.